The van der Waals surface area contributed by atoms with Crippen LogP contribution in [0.5, 0.6) is 5.75 Å². The summed E-state index contributed by atoms with van der Waals surface area (Å²) in [6.45, 7) is 0.595. The second-order valence-electron chi connectivity index (χ2n) is 2.80. The molecule has 0 bridgehead atoms. The van der Waals surface area contributed by atoms with Gasteiger partial charge in [0.15, 0.2) is 0 Å². The number of carbonyl (C=O) groups is 1. The number of halogens is 1. The molecular formula is C9H8BrNO2. The van der Waals surface area contributed by atoms with E-state index in [4.69, 9.17) is 4.74 Å². The predicted octanol–water partition coefficient (Wildman–Crippen LogP) is 1.70. The Balaban J connectivity index is 2.67. The van der Waals surface area contributed by atoms with Crippen molar-refractivity contribution in [3.63, 3.8) is 0 Å². The molecule has 2 rings (SSSR count). The average molecular weight is 242 g/mol. The lowest BCUT2D eigenvalue weighted by molar-refractivity contribution is 0.0963. The summed E-state index contributed by atoms with van der Waals surface area (Å²) in [5.41, 5.74) is 1.64. The van der Waals surface area contributed by atoms with Crippen LogP contribution in [0, 0.1) is 0 Å². The fraction of sp³-hybridized carbons (Fsp3) is 0.222. The van der Waals surface area contributed by atoms with Gasteiger partial charge in [0.25, 0.3) is 5.91 Å². The Morgan fingerprint density at radius 3 is 3.00 bits per heavy atom. The van der Waals surface area contributed by atoms with E-state index >= 15 is 0 Å². The van der Waals surface area contributed by atoms with Crippen molar-refractivity contribution in [1.82, 2.24) is 5.32 Å². The van der Waals surface area contributed by atoms with Gasteiger partial charge in [-0.25, -0.2) is 0 Å². The molecule has 68 valence electrons. The SMILES string of the molecule is COc1c(Br)ccc2c1C(=O)NC2. The number of methoxy groups -OCH3 is 1. The van der Waals surface area contributed by atoms with E-state index < -0.39 is 0 Å². The highest BCUT2D eigenvalue weighted by molar-refractivity contribution is 9.10. The molecule has 3 nitrogen and oxygen atoms in total. The van der Waals surface area contributed by atoms with Crippen LogP contribution in [-0.4, -0.2) is 13.0 Å². The number of amides is 1. The van der Waals surface area contributed by atoms with E-state index in [1.165, 1.54) is 0 Å². The summed E-state index contributed by atoms with van der Waals surface area (Å²) in [4.78, 5) is 11.4. The van der Waals surface area contributed by atoms with Crippen molar-refractivity contribution in [3.8, 4) is 5.75 Å². The Morgan fingerprint density at radius 1 is 1.54 bits per heavy atom. The van der Waals surface area contributed by atoms with Crippen LogP contribution in [0.15, 0.2) is 16.6 Å². The molecule has 1 aliphatic heterocycles. The van der Waals surface area contributed by atoms with Gasteiger partial charge in [-0.15, -0.1) is 0 Å². The van der Waals surface area contributed by atoms with Crippen LogP contribution in [0.25, 0.3) is 0 Å². The maximum Gasteiger partial charge on any atom is 0.255 e. The van der Waals surface area contributed by atoms with Gasteiger partial charge in [-0.3, -0.25) is 4.79 Å². The number of nitrogens with one attached hydrogen (secondary N) is 1. The van der Waals surface area contributed by atoms with Crippen molar-refractivity contribution in [2.75, 3.05) is 7.11 Å². The van der Waals surface area contributed by atoms with Gasteiger partial charge in [0.1, 0.15) is 5.75 Å². The number of rotatable bonds is 1. The third kappa shape index (κ3) is 1.21. The number of fused-ring (bicyclic) bond motifs is 1. The Kier molecular flexibility index (Phi) is 2.00. The zero-order chi connectivity index (χ0) is 9.42. The molecule has 1 aromatic rings. The van der Waals surface area contributed by atoms with Crippen LogP contribution >= 0.6 is 15.9 Å². The smallest absolute Gasteiger partial charge is 0.255 e. The van der Waals surface area contributed by atoms with Crippen molar-refractivity contribution in [1.29, 1.82) is 0 Å². The molecule has 0 atom stereocenters. The van der Waals surface area contributed by atoms with Crippen molar-refractivity contribution < 1.29 is 9.53 Å². The fourth-order valence-electron chi connectivity index (χ4n) is 1.46. The van der Waals surface area contributed by atoms with Gasteiger partial charge in [0.2, 0.25) is 0 Å². The Hall–Kier alpha value is -1.03. The molecule has 0 unspecified atom stereocenters. The molecule has 0 aliphatic carbocycles. The summed E-state index contributed by atoms with van der Waals surface area (Å²) in [6, 6.07) is 3.80. The zero-order valence-electron chi connectivity index (χ0n) is 7.06. The maximum atomic E-state index is 11.4. The van der Waals surface area contributed by atoms with Gasteiger partial charge in [0.05, 0.1) is 17.1 Å². The molecule has 0 radical (unpaired) electrons. The minimum Gasteiger partial charge on any atom is -0.495 e. The second kappa shape index (κ2) is 3.03. The number of carbonyl (C=O) groups excluding carboxylic acids is 1. The van der Waals surface area contributed by atoms with Gasteiger partial charge in [0, 0.05) is 6.54 Å². The minimum absolute atomic E-state index is 0.0619. The molecule has 4 heteroatoms. The molecule has 1 aromatic carbocycles. The van der Waals surface area contributed by atoms with E-state index in [1.807, 2.05) is 12.1 Å². The molecule has 0 aromatic heterocycles. The molecule has 0 fully saturated rings. The standard InChI is InChI=1S/C9H8BrNO2/c1-13-8-6(10)3-2-5-4-11-9(12)7(5)8/h2-3H,4H2,1H3,(H,11,12). The largest absolute Gasteiger partial charge is 0.495 e. The Morgan fingerprint density at radius 2 is 2.31 bits per heavy atom. The summed E-state index contributed by atoms with van der Waals surface area (Å²) < 4.78 is 5.96. The van der Waals surface area contributed by atoms with Crippen LogP contribution in [0.1, 0.15) is 15.9 Å². The highest BCUT2D eigenvalue weighted by atomic mass is 79.9. The van der Waals surface area contributed by atoms with Crippen molar-refractivity contribution in [3.05, 3.63) is 27.7 Å². The van der Waals surface area contributed by atoms with E-state index in [1.54, 1.807) is 7.11 Å². The van der Waals surface area contributed by atoms with E-state index in [0.29, 0.717) is 17.9 Å². The first-order valence-electron chi connectivity index (χ1n) is 3.87. The van der Waals surface area contributed by atoms with E-state index in [2.05, 4.69) is 21.2 Å². The van der Waals surface area contributed by atoms with E-state index in [0.717, 1.165) is 10.0 Å². The van der Waals surface area contributed by atoms with Crippen molar-refractivity contribution in [2.45, 2.75) is 6.54 Å². The minimum atomic E-state index is -0.0619. The lowest BCUT2D eigenvalue weighted by Crippen LogP contribution is -2.13. The van der Waals surface area contributed by atoms with Gasteiger partial charge in [-0.1, -0.05) is 6.07 Å². The number of benzene rings is 1. The molecule has 0 saturated carbocycles. The monoisotopic (exact) mass is 241 g/mol. The first-order chi connectivity index (χ1) is 6.24. The summed E-state index contributed by atoms with van der Waals surface area (Å²) in [5, 5.41) is 2.75. The van der Waals surface area contributed by atoms with Crippen LogP contribution in [0.4, 0.5) is 0 Å². The molecule has 1 heterocycles. The number of ether oxygens (including phenoxy) is 1. The third-order valence-corrected chi connectivity index (χ3v) is 2.69. The molecule has 0 spiro atoms. The lowest BCUT2D eigenvalue weighted by Gasteiger charge is -2.06. The summed E-state index contributed by atoms with van der Waals surface area (Å²) in [7, 11) is 1.56. The van der Waals surface area contributed by atoms with Crippen molar-refractivity contribution >= 4 is 21.8 Å². The highest BCUT2D eigenvalue weighted by Gasteiger charge is 2.24. The quantitative estimate of drug-likeness (QED) is 0.813. The maximum absolute atomic E-state index is 11.4. The second-order valence-corrected chi connectivity index (χ2v) is 3.65. The third-order valence-electron chi connectivity index (χ3n) is 2.07. The highest BCUT2D eigenvalue weighted by Crippen LogP contribution is 2.33. The first-order valence-corrected chi connectivity index (χ1v) is 4.67. The fourth-order valence-corrected chi connectivity index (χ4v) is 1.95. The topological polar surface area (TPSA) is 38.3 Å². The van der Waals surface area contributed by atoms with Crippen LogP contribution < -0.4 is 10.1 Å². The summed E-state index contributed by atoms with van der Waals surface area (Å²) in [6.07, 6.45) is 0. The Bertz CT molecular complexity index is 376. The van der Waals surface area contributed by atoms with Gasteiger partial charge in [-0.05, 0) is 27.6 Å². The van der Waals surface area contributed by atoms with E-state index in [-0.39, 0.29) is 5.91 Å². The lowest BCUT2D eigenvalue weighted by atomic mass is 10.1. The molecular weight excluding hydrogens is 234 g/mol. The summed E-state index contributed by atoms with van der Waals surface area (Å²) >= 11 is 3.33. The zero-order valence-corrected chi connectivity index (χ0v) is 8.64. The van der Waals surface area contributed by atoms with Crippen LogP contribution in [0.2, 0.25) is 0 Å². The molecule has 1 amide bonds. The first kappa shape index (κ1) is 8.56. The summed E-state index contributed by atoms with van der Waals surface area (Å²) in [5.74, 6) is 0.556. The average Bonchev–Trinajstić information content (AvgIpc) is 2.49. The molecule has 1 aliphatic rings. The van der Waals surface area contributed by atoms with Crippen molar-refractivity contribution in [2.24, 2.45) is 0 Å². The van der Waals surface area contributed by atoms with Gasteiger partial charge in [-0.2, -0.15) is 0 Å². The molecule has 0 saturated heterocycles. The Labute approximate surface area is 84.2 Å². The number of hydrogen-bond donors (Lipinski definition) is 1. The predicted molar refractivity (Wildman–Crippen MR) is 51.9 cm³/mol. The molecule has 1 N–H and O–H groups in total. The normalized spacial score (nSPS) is 13.8. The van der Waals surface area contributed by atoms with Crippen LogP contribution in [-0.2, 0) is 6.54 Å². The van der Waals surface area contributed by atoms with E-state index in [9.17, 15) is 4.79 Å². The van der Waals surface area contributed by atoms with Crippen LogP contribution in [0.3, 0.4) is 0 Å². The van der Waals surface area contributed by atoms with Gasteiger partial charge < -0.3 is 10.1 Å². The molecule has 13 heavy (non-hydrogen) atoms. The van der Waals surface area contributed by atoms with Gasteiger partial charge >= 0.3 is 0 Å². The number of hydrogen-bond acceptors (Lipinski definition) is 2.